The van der Waals surface area contributed by atoms with Gasteiger partial charge >= 0.3 is 5.97 Å². The maximum absolute atomic E-state index is 15.1. The molecule has 2 N–H and O–H groups in total. The van der Waals surface area contributed by atoms with Crippen LogP contribution in [0.15, 0.2) is 35.3 Å². The van der Waals surface area contributed by atoms with Gasteiger partial charge in [0.1, 0.15) is 17.1 Å². The fraction of sp³-hybridized carbons (Fsp3) is 0.111. The minimum absolute atomic E-state index is 0.0449. The minimum atomic E-state index is -1.52. The van der Waals surface area contributed by atoms with Crippen LogP contribution < -0.4 is 5.43 Å². The Balaban J connectivity index is 2.45. The van der Waals surface area contributed by atoms with E-state index in [1.807, 2.05) is 0 Å². The van der Waals surface area contributed by atoms with Gasteiger partial charge in [-0.05, 0) is 30.7 Å². The molecule has 2 aromatic carbocycles. The van der Waals surface area contributed by atoms with Crippen molar-refractivity contribution >= 4 is 28.5 Å². The SMILES string of the molecule is CCn1cc(C(=O)O)c(=O)c2c(F)cc(-c3ccc(O)c(Cl)c3)c(F)c21. The third-order valence-corrected chi connectivity index (χ3v) is 4.37. The highest BCUT2D eigenvalue weighted by Crippen LogP contribution is 2.34. The number of aromatic carboxylic acids is 1. The molecule has 134 valence electrons. The van der Waals surface area contributed by atoms with Gasteiger partial charge in [0.15, 0.2) is 5.82 Å². The van der Waals surface area contributed by atoms with E-state index in [1.165, 1.54) is 22.8 Å². The van der Waals surface area contributed by atoms with Crippen molar-refractivity contribution in [3.8, 4) is 16.9 Å². The number of aromatic hydroxyl groups is 1. The summed E-state index contributed by atoms with van der Waals surface area (Å²) in [5.41, 5.74) is -2.03. The van der Waals surface area contributed by atoms with E-state index in [9.17, 15) is 19.1 Å². The van der Waals surface area contributed by atoms with Crippen LogP contribution in [0.5, 0.6) is 5.75 Å². The Hall–Kier alpha value is -2.93. The van der Waals surface area contributed by atoms with Crippen LogP contribution in [0.2, 0.25) is 5.02 Å². The van der Waals surface area contributed by atoms with Crippen molar-refractivity contribution in [2.24, 2.45) is 0 Å². The molecule has 0 fully saturated rings. The van der Waals surface area contributed by atoms with Crippen molar-refractivity contribution in [3.63, 3.8) is 0 Å². The van der Waals surface area contributed by atoms with Crippen molar-refractivity contribution in [2.75, 3.05) is 0 Å². The number of halogens is 3. The first-order valence-electron chi connectivity index (χ1n) is 7.53. The summed E-state index contributed by atoms with van der Waals surface area (Å²) in [5, 5.41) is 17.9. The molecule has 8 heteroatoms. The fourth-order valence-corrected chi connectivity index (χ4v) is 2.98. The van der Waals surface area contributed by atoms with Gasteiger partial charge in [-0.25, -0.2) is 13.6 Å². The molecule has 0 atom stereocenters. The topological polar surface area (TPSA) is 79.5 Å². The maximum Gasteiger partial charge on any atom is 0.341 e. The van der Waals surface area contributed by atoms with E-state index in [-0.39, 0.29) is 34.0 Å². The van der Waals surface area contributed by atoms with Crippen molar-refractivity contribution in [2.45, 2.75) is 13.5 Å². The Morgan fingerprint density at radius 3 is 2.54 bits per heavy atom. The Labute approximate surface area is 150 Å². The lowest BCUT2D eigenvalue weighted by molar-refractivity contribution is 0.0695. The molecule has 5 nitrogen and oxygen atoms in total. The van der Waals surface area contributed by atoms with Crippen molar-refractivity contribution in [1.29, 1.82) is 0 Å². The molecule has 1 heterocycles. The number of carboxylic acid groups (broad SMARTS) is 1. The Kier molecular flexibility index (Phi) is 4.41. The Morgan fingerprint density at radius 1 is 1.27 bits per heavy atom. The van der Waals surface area contributed by atoms with Crippen LogP contribution in [-0.4, -0.2) is 20.7 Å². The Bertz CT molecular complexity index is 1120. The van der Waals surface area contributed by atoms with E-state index < -0.39 is 34.0 Å². The third kappa shape index (κ3) is 2.70. The molecule has 0 saturated carbocycles. The van der Waals surface area contributed by atoms with Gasteiger partial charge in [-0.2, -0.15) is 0 Å². The number of phenolic OH excluding ortho intramolecular Hbond substituents is 1. The van der Waals surface area contributed by atoms with Gasteiger partial charge in [-0.15, -0.1) is 0 Å². The number of rotatable bonds is 3. The second-order valence-corrected chi connectivity index (χ2v) is 5.98. The summed E-state index contributed by atoms with van der Waals surface area (Å²) in [6.07, 6.45) is 0.989. The van der Waals surface area contributed by atoms with Crippen LogP contribution in [0.3, 0.4) is 0 Å². The van der Waals surface area contributed by atoms with Crippen LogP contribution in [0.25, 0.3) is 22.0 Å². The largest absolute Gasteiger partial charge is 0.506 e. The number of aryl methyl sites for hydroxylation is 1. The lowest BCUT2D eigenvalue weighted by Crippen LogP contribution is -2.20. The molecule has 0 saturated heterocycles. The van der Waals surface area contributed by atoms with Crippen LogP contribution in [0.4, 0.5) is 8.78 Å². The molecular formula is C18H12ClF2NO4. The molecular weight excluding hydrogens is 368 g/mol. The average Bonchev–Trinajstić information content (AvgIpc) is 2.59. The number of nitrogens with zero attached hydrogens (tertiary/aromatic N) is 1. The zero-order valence-corrected chi connectivity index (χ0v) is 14.1. The number of aromatic nitrogens is 1. The van der Waals surface area contributed by atoms with Crippen LogP contribution in [-0.2, 0) is 6.54 Å². The summed E-state index contributed by atoms with van der Waals surface area (Å²) in [6, 6.07) is 4.67. The van der Waals surface area contributed by atoms with Gasteiger partial charge in [0, 0.05) is 18.3 Å². The quantitative estimate of drug-likeness (QED) is 0.720. The number of hydrogen-bond donors (Lipinski definition) is 2. The smallest absolute Gasteiger partial charge is 0.341 e. The zero-order valence-electron chi connectivity index (χ0n) is 13.4. The van der Waals surface area contributed by atoms with E-state index in [4.69, 9.17) is 16.7 Å². The van der Waals surface area contributed by atoms with Gasteiger partial charge in [0.05, 0.1) is 15.9 Å². The second-order valence-electron chi connectivity index (χ2n) is 5.57. The first kappa shape index (κ1) is 17.9. The van der Waals surface area contributed by atoms with Gasteiger partial charge in [-0.3, -0.25) is 4.79 Å². The van der Waals surface area contributed by atoms with E-state index >= 15 is 4.39 Å². The molecule has 0 aliphatic carbocycles. The number of benzene rings is 2. The molecule has 0 radical (unpaired) electrons. The van der Waals surface area contributed by atoms with E-state index in [2.05, 4.69) is 0 Å². The lowest BCUT2D eigenvalue weighted by Gasteiger charge is -2.14. The molecule has 0 bridgehead atoms. The molecule has 0 amide bonds. The number of pyridine rings is 1. The molecule has 3 aromatic rings. The number of fused-ring (bicyclic) bond motifs is 1. The fourth-order valence-electron chi connectivity index (χ4n) is 2.80. The monoisotopic (exact) mass is 379 g/mol. The minimum Gasteiger partial charge on any atom is -0.506 e. The third-order valence-electron chi connectivity index (χ3n) is 4.06. The van der Waals surface area contributed by atoms with Crippen molar-refractivity contribution in [3.05, 3.63) is 62.9 Å². The van der Waals surface area contributed by atoms with E-state index in [0.717, 1.165) is 12.3 Å². The maximum atomic E-state index is 15.1. The Morgan fingerprint density at radius 2 is 1.96 bits per heavy atom. The summed E-state index contributed by atoms with van der Waals surface area (Å²) in [4.78, 5) is 23.5. The molecule has 26 heavy (non-hydrogen) atoms. The van der Waals surface area contributed by atoms with E-state index in [0.29, 0.717) is 0 Å². The van der Waals surface area contributed by atoms with Gasteiger partial charge in [-0.1, -0.05) is 17.7 Å². The van der Waals surface area contributed by atoms with Crippen molar-refractivity contribution < 1.29 is 23.8 Å². The highest BCUT2D eigenvalue weighted by atomic mass is 35.5. The summed E-state index contributed by atoms with van der Waals surface area (Å²) in [5.74, 6) is -3.67. The molecule has 0 aliphatic rings. The first-order valence-corrected chi connectivity index (χ1v) is 7.91. The standard InChI is InChI=1S/C18H12ClF2NO4/c1-2-22-7-10(18(25)26)17(24)14-12(20)6-9(15(21)16(14)22)8-3-4-13(23)11(19)5-8/h3-7,23H,2H2,1H3,(H,25,26). The number of hydrogen-bond acceptors (Lipinski definition) is 3. The predicted octanol–water partition coefficient (Wildman–Crippen LogP) is 4.02. The molecule has 0 unspecified atom stereocenters. The highest BCUT2D eigenvalue weighted by Gasteiger charge is 2.23. The summed E-state index contributed by atoms with van der Waals surface area (Å²) >= 11 is 5.83. The molecule has 0 aliphatic heterocycles. The van der Waals surface area contributed by atoms with Crippen LogP contribution in [0.1, 0.15) is 17.3 Å². The predicted molar refractivity (Wildman–Crippen MR) is 92.9 cm³/mol. The normalized spacial score (nSPS) is 11.1. The zero-order chi connectivity index (χ0) is 19.2. The lowest BCUT2D eigenvalue weighted by atomic mass is 10.0. The van der Waals surface area contributed by atoms with Crippen LogP contribution >= 0.6 is 11.6 Å². The second kappa shape index (κ2) is 6.42. The summed E-state index contributed by atoms with van der Waals surface area (Å²) in [7, 11) is 0. The summed E-state index contributed by atoms with van der Waals surface area (Å²) < 4.78 is 31.0. The molecule has 3 rings (SSSR count). The van der Waals surface area contributed by atoms with Gasteiger partial charge in [0.2, 0.25) is 5.43 Å². The van der Waals surface area contributed by atoms with Gasteiger partial charge < -0.3 is 14.8 Å². The number of carboxylic acids is 1. The van der Waals surface area contributed by atoms with E-state index in [1.54, 1.807) is 6.92 Å². The van der Waals surface area contributed by atoms with Gasteiger partial charge in [0.25, 0.3) is 0 Å². The number of phenols is 1. The molecule has 1 aromatic heterocycles. The summed E-state index contributed by atoms with van der Waals surface area (Å²) in [6.45, 7) is 1.73. The first-order chi connectivity index (χ1) is 12.3. The average molecular weight is 380 g/mol. The number of carbonyl (C=O) groups is 1. The van der Waals surface area contributed by atoms with Crippen molar-refractivity contribution in [1.82, 2.24) is 4.57 Å². The molecule has 0 spiro atoms. The highest BCUT2D eigenvalue weighted by molar-refractivity contribution is 6.32. The van der Waals surface area contributed by atoms with Crippen LogP contribution in [0, 0.1) is 11.6 Å².